The molecule has 0 bridgehead atoms. The van der Waals surface area contributed by atoms with Gasteiger partial charge in [0.2, 0.25) is 17.6 Å². The highest BCUT2D eigenvalue weighted by molar-refractivity contribution is 5.53. The van der Waals surface area contributed by atoms with Crippen LogP contribution in [0.25, 0.3) is 11.4 Å². The third-order valence-corrected chi connectivity index (χ3v) is 4.68. The molecule has 1 aromatic carbocycles. The van der Waals surface area contributed by atoms with Gasteiger partial charge in [-0.15, -0.1) is 0 Å². The number of piperidine rings is 1. The number of aryl methyl sites for hydroxylation is 1. The standard InChI is InChI=1S/C18H21N5O2/c1-13-19-15(24-21-13)11-23-10-6-9-18(2,12-23)17-20-16(22-25-17)14-7-4-3-5-8-14/h3-5,7-8H,6,9-12H2,1-2H3. The van der Waals surface area contributed by atoms with Gasteiger partial charge >= 0.3 is 0 Å². The number of aromatic nitrogens is 4. The average molecular weight is 339 g/mol. The lowest BCUT2D eigenvalue weighted by molar-refractivity contribution is 0.113. The van der Waals surface area contributed by atoms with Crippen molar-refractivity contribution in [3.63, 3.8) is 0 Å². The van der Waals surface area contributed by atoms with Crippen LogP contribution in [0.3, 0.4) is 0 Å². The van der Waals surface area contributed by atoms with E-state index in [-0.39, 0.29) is 5.41 Å². The zero-order chi connectivity index (χ0) is 17.3. The molecule has 130 valence electrons. The summed E-state index contributed by atoms with van der Waals surface area (Å²) in [6.45, 7) is 6.48. The number of likely N-dealkylation sites (tertiary alicyclic amines) is 1. The minimum Gasteiger partial charge on any atom is -0.338 e. The predicted molar refractivity (Wildman–Crippen MR) is 90.6 cm³/mol. The minimum absolute atomic E-state index is 0.173. The molecule has 1 saturated heterocycles. The zero-order valence-corrected chi connectivity index (χ0v) is 14.5. The quantitative estimate of drug-likeness (QED) is 0.722. The molecule has 3 aromatic rings. The van der Waals surface area contributed by atoms with Crippen molar-refractivity contribution in [2.45, 2.75) is 38.6 Å². The van der Waals surface area contributed by atoms with Gasteiger partial charge in [0.1, 0.15) is 0 Å². The highest BCUT2D eigenvalue weighted by Gasteiger charge is 2.38. The highest BCUT2D eigenvalue weighted by atomic mass is 16.5. The van der Waals surface area contributed by atoms with Crippen LogP contribution in [0.1, 0.15) is 37.4 Å². The van der Waals surface area contributed by atoms with Gasteiger partial charge in [-0.2, -0.15) is 9.97 Å². The van der Waals surface area contributed by atoms with E-state index in [2.05, 4.69) is 32.1 Å². The third kappa shape index (κ3) is 3.32. The first-order valence-electron chi connectivity index (χ1n) is 8.54. The molecule has 3 heterocycles. The van der Waals surface area contributed by atoms with Crippen molar-refractivity contribution in [2.75, 3.05) is 13.1 Å². The highest BCUT2D eigenvalue weighted by Crippen LogP contribution is 2.34. The second kappa shape index (κ2) is 6.40. The fourth-order valence-electron chi connectivity index (χ4n) is 3.42. The molecule has 0 N–H and O–H groups in total. The van der Waals surface area contributed by atoms with Gasteiger partial charge in [-0.3, -0.25) is 4.90 Å². The van der Waals surface area contributed by atoms with Crippen molar-refractivity contribution in [1.82, 2.24) is 25.2 Å². The maximum Gasteiger partial charge on any atom is 0.240 e. The molecule has 1 fully saturated rings. The molecule has 7 nitrogen and oxygen atoms in total. The number of hydrogen-bond donors (Lipinski definition) is 0. The summed E-state index contributed by atoms with van der Waals surface area (Å²) in [5.41, 5.74) is 0.794. The van der Waals surface area contributed by atoms with Crippen LogP contribution in [0.4, 0.5) is 0 Å². The van der Waals surface area contributed by atoms with E-state index in [0.717, 1.165) is 31.5 Å². The molecule has 7 heteroatoms. The van der Waals surface area contributed by atoms with E-state index >= 15 is 0 Å². The van der Waals surface area contributed by atoms with Crippen molar-refractivity contribution >= 4 is 0 Å². The topological polar surface area (TPSA) is 81.1 Å². The largest absolute Gasteiger partial charge is 0.338 e. The molecule has 2 aromatic heterocycles. The Morgan fingerprint density at radius 3 is 2.72 bits per heavy atom. The van der Waals surface area contributed by atoms with Crippen LogP contribution in [0.15, 0.2) is 39.4 Å². The summed E-state index contributed by atoms with van der Waals surface area (Å²) in [4.78, 5) is 11.3. The van der Waals surface area contributed by atoms with Crippen LogP contribution in [0.5, 0.6) is 0 Å². The van der Waals surface area contributed by atoms with Crippen molar-refractivity contribution in [3.05, 3.63) is 47.9 Å². The van der Waals surface area contributed by atoms with Crippen LogP contribution in [-0.2, 0) is 12.0 Å². The van der Waals surface area contributed by atoms with Crippen LogP contribution >= 0.6 is 0 Å². The minimum atomic E-state index is -0.173. The summed E-state index contributed by atoms with van der Waals surface area (Å²) in [5.74, 6) is 2.65. The van der Waals surface area contributed by atoms with E-state index in [0.29, 0.717) is 30.0 Å². The Bertz CT molecular complexity index is 844. The molecule has 1 unspecified atom stereocenters. The SMILES string of the molecule is Cc1noc(CN2CCCC(C)(c3nc(-c4ccccc4)no3)C2)n1. The lowest BCUT2D eigenvalue weighted by Gasteiger charge is -2.37. The third-order valence-electron chi connectivity index (χ3n) is 4.68. The molecule has 0 amide bonds. The van der Waals surface area contributed by atoms with E-state index in [1.165, 1.54) is 0 Å². The molecule has 1 aliphatic heterocycles. The van der Waals surface area contributed by atoms with Gasteiger partial charge in [0.25, 0.3) is 0 Å². The van der Waals surface area contributed by atoms with E-state index in [1.54, 1.807) is 0 Å². The van der Waals surface area contributed by atoms with Gasteiger partial charge in [0, 0.05) is 12.1 Å². The fourth-order valence-corrected chi connectivity index (χ4v) is 3.42. The summed E-state index contributed by atoms with van der Waals surface area (Å²) in [5, 5.41) is 8.03. The Morgan fingerprint density at radius 1 is 1.12 bits per heavy atom. The lowest BCUT2D eigenvalue weighted by atomic mass is 9.81. The van der Waals surface area contributed by atoms with E-state index in [4.69, 9.17) is 9.05 Å². The summed E-state index contributed by atoms with van der Waals surface area (Å²) in [6.07, 6.45) is 2.08. The molecule has 1 atom stereocenters. The summed E-state index contributed by atoms with van der Waals surface area (Å²) in [6, 6.07) is 9.90. The summed E-state index contributed by atoms with van der Waals surface area (Å²) < 4.78 is 10.9. The first-order chi connectivity index (χ1) is 12.1. The van der Waals surface area contributed by atoms with Crippen molar-refractivity contribution in [1.29, 1.82) is 0 Å². The monoisotopic (exact) mass is 339 g/mol. The number of hydrogen-bond acceptors (Lipinski definition) is 7. The van der Waals surface area contributed by atoms with E-state index < -0.39 is 0 Å². The van der Waals surface area contributed by atoms with Gasteiger partial charge in [0.15, 0.2) is 5.82 Å². The van der Waals surface area contributed by atoms with Gasteiger partial charge in [-0.25, -0.2) is 0 Å². The second-order valence-electron chi connectivity index (χ2n) is 6.90. The summed E-state index contributed by atoms with van der Waals surface area (Å²) in [7, 11) is 0. The molecule has 4 rings (SSSR count). The number of rotatable bonds is 4. The molecule has 25 heavy (non-hydrogen) atoms. The van der Waals surface area contributed by atoms with Crippen LogP contribution in [0.2, 0.25) is 0 Å². The van der Waals surface area contributed by atoms with E-state index in [1.807, 2.05) is 37.3 Å². The van der Waals surface area contributed by atoms with Crippen molar-refractivity contribution in [3.8, 4) is 11.4 Å². The fraction of sp³-hybridized carbons (Fsp3) is 0.444. The smallest absolute Gasteiger partial charge is 0.240 e. The average Bonchev–Trinajstić information content (AvgIpc) is 3.26. The molecular formula is C18H21N5O2. The Morgan fingerprint density at radius 2 is 1.96 bits per heavy atom. The molecule has 0 radical (unpaired) electrons. The first kappa shape index (κ1) is 16.0. The molecular weight excluding hydrogens is 318 g/mol. The Hall–Kier alpha value is -2.54. The maximum atomic E-state index is 5.63. The number of benzene rings is 1. The Balaban J connectivity index is 1.52. The van der Waals surface area contributed by atoms with Gasteiger partial charge in [-0.05, 0) is 33.2 Å². The zero-order valence-electron chi connectivity index (χ0n) is 14.5. The molecule has 0 saturated carbocycles. The number of nitrogens with zero attached hydrogens (tertiary/aromatic N) is 5. The second-order valence-corrected chi connectivity index (χ2v) is 6.90. The maximum absolute atomic E-state index is 5.63. The molecule has 0 aliphatic carbocycles. The lowest BCUT2D eigenvalue weighted by Crippen LogP contribution is -2.44. The normalized spacial score (nSPS) is 21.5. The van der Waals surface area contributed by atoms with Crippen LogP contribution in [-0.4, -0.2) is 38.3 Å². The van der Waals surface area contributed by atoms with Gasteiger partial charge in [0.05, 0.1) is 12.0 Å². The van der Waals surface area contributed by atoms with Crippen molar-refractivity contribution < 1.29 is 9.05 Å². The van der Waals surface area contributed by atoms with E-state index in [9.17, 15) is 0 Å². The molecule has 1 aliphatic rings. The van der Waals surface area contributed by atoms with Crippen LogP contribution in [0, 0.1) is 6.92 Å². The van der Waals surface area contributed by atoms with Gasteiger partial charge < -0.3 is 9.05 Å². The van der Waals surface area contributed by atoms with Crippen LogP contribution < -0.4 is 0 Å². The summed E-state index contributed by atoms with van der Waals surface area (Å²) >= 11 is 0. The van der Waals surface area contributed by atoms with Crippen molar-refractivity contribution in [2.24, 2.45) is 0 Å². The Labute approximate surface area is 146 Å². The predicted octanol–water partition coefficient (Wildman–Crippen LogP) is 2.98. The van der Waals surface area contributed by atoms with Gasteiger partial charge in [-0.1, -0.05) is 40.6 Å². The molecule has 0 spiro atoms. The first-order valence-corrected chi connectivity index (χ1v) is 8.54. The Kier molecular flexibility index (Phi) is 4.09.